The number of nitrogens with one attached hydrogen (secondary N) is 2. The van der Waals surface area contributed by atoms with E-state index >= 15 is 0 Å². The Morgan fingerprint density at radius 2 is 1.97 bits per heavy atom. The average molecular weight is 401 g/mol. The molecular weight excluding hydrogens is 372 g/mol. The number of carbonyl (C=O) groups is 1. The minimum atomic E-state index is -0.0691. The van der Waals surface area contributed by atoms with Crippen LogP contribution in [0.15, 0.2) is 72.4 Å². The molecule has 0 radical (unpaired) electrons. The van der Waals surface area contributed by atoms with Crippen molar-refractivity contribution >= 4 is 23.0 Å². The van der Waals surface area contributed by atoms with Crippen molar-refractivity contribution < 1.29 is 4.79 Å². The maximum atomic E-state index is 12.9. The highest BCUT2D eigenvalue weighted by atomic mass is 16.2. The van der Waals surface area contributed by atoms with Crippen molar-refractivity contribution in [2.45, 2.75) is 38.9 Å². The van der Waals surface area contributed by atoms with Crippen LogP contribution in [0.1, 0.15) is 36.5 Å². The Morgan fingerprint density at radius 1 is 1.13 bits per heavy atom. The molecular formula is C25H28N4O. The lowest BCUT2D eigenvalue weighted by Crippen LogP contribution is -2.42. The SMILES string of the molecule is C=C1/C=C\N=C(C)Nc2ccc(cc2)CN2CCC[C@H]2C(=O)NCc2cccc1c2. The molecule has 2 aromatic carbocycles. The Labute approximate surface area is 178 Å². The number of fused-ring (bicyclic) bond motifs is 7. The molecule has 3 aliphatic heterocycles. The number of amidine groups is 1. The number of hydrogen-bond donors (Lipinski definition) is 2. The smallest absolute Gasteiger partial charge is 0.237 e. The Morgan fingerprint density at radius 3 is 2.80 bits per heavy atom. The number of benzene rings is 2. The maximum absolute atomic E-state index is 12.9. The molecule has 1 saturated heterocycles. The Hall–Kier alpha value is -3.18. The van der Waals surface area contributed by atoms with Crippen LogP contribution < -0.4 is 10.6 Å². The second kappa shape index (κ2) is 9.09. The first-order valence-electron chi connectivity index (χ1n) is 10.5. The predicted octanol–water partition coefficient (Wildman–Crippen LogP) is 4.34. The normalized spacial score (nSPS) is 21.5. The maximum Gasteiger partial charge on any atom is 0.237 e. The Balaban J connectivity index is 1.62. The molecule has 3 aliphatic rings. The zero-order valence-electron chi connectivity index (χ0n) is 17.4. The average Bonchev–Trinajstić information content (AvgIpc) is 3.21. The summed E-state index contributed by atoms with van der Waals surface area (Å²) >= 11 is 0. The van der Waals surface area contributed by atoms with Gasteiger partial charge in [0.1, 0.15) is 5.84 Å². The van der Waals surface area contributed by atoms with Gasteiger partial charge in [0.05, 0.1) is 6.04 Å². The lowest BCUT2D eigenvalue weighted by atomic mass is 10.0. The van der Waals surface area contributed by atoms with Crippen molar-refractivity contribution in [2.24, 2.45) is 4.99 Å². The van der Waals surface area contributed by atoms with Gasteiger partial charge >= 0.3 is 0 Å². The molecule has 0 unspecified atom stereocenters. The summed E-state index contributed by atoms with van der Waals surface area (Å²) in [7, 11) is 0. The van der Waals surface area contributed by atoms with Gasteiger partial charge < -0.3 is 10.6 Å². The van der Waals surface area contributed by atoms with Gasteiger partial charge in [0, 0.05) is 25.0 Å². The monoisotopic (exact) mass is 400 g/mol. The molecule has 2 aromatic rings. The van der Waals surface area contributed by atoms with E-state index < -0.39 is 0 Å². The summed E-state index contributed by atoms with van der Waals surface area (Å²) in [6.07, 6.45) is 5.62. The van der Waals surface area contributed by atoms with Gasteiger partial charge in [-0.15, -0.1) is 0 Å². The van der Waals surface area contributed by atoms with Gasteiger partial charge in [0.15, 0.2) is 0 Å². The zero-order chi connectivity index (χ0) is 20.9. The topological polar surface area (TPSA) is 56.7 Å². The minimum Gasteiger partial charge on any atom is -0.351 e. The van der Waals surface area contributed by atoms with E-state index in [0.717, 1.165) is 54.2 Å². The molecule has 4 bridgehead atoms. The number of rotatable bonds is 0. The summed E-state index contributed by atoms with van der Waals surface area (Å²) in [6.45, 7) is 8.34. The van der Waals surface area contributed by atoms with Crippen LogP contribution in [-0.4, -0.2) is 29.2 Å². The molecule has 1 amide bonds. The number of anilines is 1. The molecule has 0 aliphatic carbocycles. The third-order valence-corrected chi connectivity index (χ3v) is 5.64. The molecule has 5 nitrogen and oxygen atoms in total. The van der Waals surface area contributed by atoms with E-state index in [9.17, 15) is 4.79 Å². The van der Waals surface area contributed by atoms with Crippen LogP contribution >= 0.6 is 0 Å². The molecule has 0 aromatic heterocycles. The fourth-order valence-corrected chi connectivity index (χ4v) is 4.00. The standard InChI is InChI=1S/C25H28N4O/c1-18-12-13-26-19(2)28-23-10-8-20(9-11-23)17-29-14-4-7-24(29)25(30)27-16-21-5-3-6-22(18)15-21/h3,5-6,8-13,15,24H,1,4,7,14,16-17H2,2H3,(H,26,28)(H,27,30)/b13-12-/t24-/m0/s1. The number of allylic oxidation sites excluding steroid dienone is 2. The Kier molecular flexibility index (Phi) is 6.10. The van der Waals surface area contributed by atoms with E-state index in [1.165, 1.54) is 5.56 Å². The van der Waals surface area contributed by atoms with Gasteiger partial charge in [-0.25, -0.2) is 4.99 Å². The molecule has 30 heavy (non-hydrogen) atoms. The number of nitrogens with zero attached hydrogens (tertiary/aromatic N) is 2. The molecule has 1 fully saturated rings. The van der Waals surface area contributed by atoms with Crippen molar-refractivity contribution in [3.8, 4) is 0 Å². The van der Waals surface area contributed by atoms with Crippen LogP contribution in [0.2, 0.25) is 0 Å². The van der Waals surface area contributed by atoms with E-state index in [1.807, 2.05) is 31.2 Å². The minimum absolute atomic E-state index is 0.0691. The molecule has 0 spiro atoms. The van der Waals surface area contributed by atoms with Gasteiger partial charge in [0.2, 0.25) is 5.91 Å². The Bertz CT molecular complexity index is 990. The van der Waals surface area contributed by atoms with Crippen LogP contribution in [0.3, 0.4) is 0 Å². The van der Waals surface area contributed by atoms with E-state index in [2.05, 4.69) is 57.4 Å². The molecule has 0 saturated carbocycles. The van der Waals surface area contributed by atoms with Crippen LogP contribution in [0.5, 0.6) is 0 Å². The van der Waals surface area contributed by atoms with Crippen molar-refractivity contribution in [1.82, 2.24) is 10.2 Å². The molecule has 2 N–H and O–H groups in total. The third kappa shape index (κ3) is 4.86. The van der Waals surface area contributed by atoms with Crippen molar-refractivity contribution in [2.75, 3.05) is 11.9 Å². The summed E-state index contributed by atoms with van der Waals surface area (Å²) in [5.74, 6) is 0.921. The third-order valence-electron chi connectivity index (χ3n) is 5.64. The number of carbonyl (C=O) groups excluding carboxylic acids is 1. The predicted molar refractivity (Wildman–Crippen MR) is 123 cm³/mol. The largest absolute Gasteiger partial charge is 0.351 e. The quantitative estimate of drug-likeness (QED) is 0.692. The van der Waals surface area contributed by atoms with Gasteiger partial charge in [-0.05, 0) is 72.8 Å². The summed E-state index contributed by atoms with van der Waals surface area (Å²) in [5.41, 5.74) is 5.16. The molecule has 154 valence electrons. The fourth-order valence-electron chi connectivity index (χ4n) is 4.00. The summed E-state index contributed by atoms with van der Waals surface area (Å²) in [5, 5.41) is 6.44. The highest BCUT2D eigenvalue weighted by Gasteiger charge is 2.30. The summed E-state index contributed by atoms with van der Waals surface area (Å²) in [4.78, 5) is 19.6. The van der Waals surface area contributed by atoms with Crippen LogP contribution in [0.25, 0.3) is 5.57 Å². The summed E-state index contributed by atoms with van der Waals surface area (Å²) in [6, 6.07) is 16.4. The first kappa shape index (κ1) is 20.1. The van der Waals surface area contributed by atoms with Crippen molar-refractivity contribution in [1.29, 1.82) is 0 Å². The molecule has 1 atom stereocenters. The fraction of sp³-hybridized carbons (Fsp3) is 0.280. The molecule has 3 heterocycles. The van der Waals surface area contributed by atoms with Gasteiger partial charge in [-0.2, -0.15) is 0 Å². The van der Waals surface area contributed by atoms with Crippen LogP contribution in [-0.2, 0) is 17.9 Å². The van der Waals surface area contributed by atoms with E-state index in [0.29, 0.717) is 6.54 Å². The van der Waals surface area contributed by atoms with Gasteiger partial charge in [0.25, 0.3) is 0 Å². The summed E-state index contributed by atoms with van der Waals surface area (Å²) < 4.78 is 0. The van der Waals surface area contributed by atoms with Crippen molar-refractivity contribution in [3.63, 3.8) is 0 Å². The van der Waals surface area contributed by atoms with E-state index in [-0.39, 0.29) is 11.9 Å². The molecule has 5 rings (SSSR count). The van der Waals surface area contributed by atoms with Gasteiger partial charge in [-0.3, -0.25) is 9.69 Å². The zero-order valence-corrected chi connectivity index (χ0v) is 17.4. The number of hydrogen-bond acceptors (Lipinski definition) is 4. The first-order valence-corrected chi connectivity index (χ1v) is 10.5. The second-order valence-corrected chi connectivity index (χ2v) is 7.92. The highest BCUT2D eigenvalue weighted by Crippen LogP contribution is 2.22. The van der Waals surface area contributed by atoms with E-state index in [4.69, 9.17) is 0 Å². The van der Waals surface area contributed by atoms with Crippen LogP contribution in [0.4, 0.5) is 5.69 Å². The highest BCUT2D eigenvalue weighted by molar-refractivity contribution is 5.94. The lowest BCUT2D eigenvalue weighted by molar-refractivity contribution is -0.125. The van der Waals surface area contributed by atoms with Gasteiger partial charge in [-0.1, -0.05) is 36.9 Å². The molecule has 5 heteroatoms. The first-order chi connectivity index (χ1) is 14.6. The lowest BCUT2D eigenvalue weighted by Gasteiger charge is -2.24. The van der Waals surface area contributed by atoms with E-state index in [1.54, 1.807) is 6.20 Å². The van der Waals surface area contributed by atoms with Crippen molar-refractivity contribution in [3.05, 3.63) is 84.1 Å². The second-order valence-electron chi connectivity index (χ2n) is 7.92. The number of aliphatic imine (C=N–C) groups is 1. The van der Waals surface area contributed by atoms with Crippen LogP contribution in [0, 0.1) is 0 Å². The number of amides is 1.